The van der Waals surface area contributed by atoms with Crippen LogP contribution in [0.3, 0.4) is 0 Å². The van der Waals surface area contributed by atoms with Gasteiger partial charge in [0.2, 0.25) is 4.77 Å². The van der Waals surface area contributed by atoms with Crippen molar-refractivity contribution in [3.8, 4) is 28.6 Å². The van der Waals surface area contributed by atoms with Crippen LogP contribution >= 0.6 is 12.2 Å². The highest BCUT2D eigenvalue weighted by Gasteiger charge is 2.09. The van der Waals surface area contributed by atoms with E-state index in [9.17, 15) is 0 Å². The Bertz CT molecular complexity index is 1010. The molecule has 0 fully saturated rings. The summed E-state index contributed by atoms with van der Waals surface area (Å²) in [5.41, 5.74) is 1.68. The van der Waals surface area contributed by atoms with Gasteiger partial charge >= 0.3 is 0 Å². The number of methoxy groups -OCH3 is 2. The Morgan fingerprint density at radius 3 is 2.70 bits per heavy atom. The van der Waals surface area contributed by atoms with Crippen molar-refractivity contribution in [2.45, 2.75) is 6.92 Å². The maximum Gasteiger partial charge on any atom is 0.216 e. The second-order valence-corrected chi connectivity index (χ2v) is 5.87. The third-order valence-electron chi connectivity index (χ3n) is 3.78. The van der Waals surface area contributed by atoms with Gasteiger partial charge in [-0.1, -0.05) is 12.1 Å². The Morgan fingerprint density at radius 1 is 1.15 bits per heavy atom. The number of aromatic nitrogens is 3. The van der Waals surface area contributed by atoms with Gasteiger partial charge in [0.1, 0.15) is 5.75 Å². The SMILES string of the molecule is CCOc1cccc(-c2n[nH]c(=S)n2/N=C/c2ccc(OC)c(OC)c2)c1. The van der Waals surface area contributed by atoms with Gasteiger partial charge in [0.15, 0.2) is 17.3 Å². The molecule has 0 atom stereocenters. The standard InChI is InChI=1S/C19H20N4O3S/c1-4-26-15-7-5-6-14(11-15)18-21-22-19(27)23(18)20-12-13-8-9-16(24-2)17(10-13)25-3/h5-12H,4H2,1-3H3,(H,22,27)/b20-12+. The van der Waals surface area contributed by atoms with E-state index >= 15 is 0 Å². The predicted octanol–water partition coefficient (Wildman–Crippen LogP) is 3.91. The van der Waals surface area contributed by atoms with Crippen LogP contribution in [0.15, 0.2) is 47.6 Å². The lowest BCUT2D eigenvalue weighted by Gasteiger charge is -2.07. The van der Waals surface area contributed by atoms with Crippen molar-refractivity contribution in [3.63, 3.8) is 0 Å². The summed E-state index contributed by atoms with van der Waals surface area (Å²) in [4.78, 5) is 0. The lowest BCUT2D eigenvalue weighted by molar-refractivity contribution is 0.340. The van der Waals surface area contributed by atoms with Crippen LogP contribution in [-0.2, 0) is 0 Å². The molecule has 2 aromatic carbocycles. The lowest BCUT2D eigenvalue weighted by atomic mass is 10.2. The lowest BCUT2D eigenvalue weighted by Crippen LogP contribution is -1.97. The molecule has 0 radical (unpaired) electrons. The first-order valence-electron chi connectivity index (χ1n) is 8.33. The first-order chi connectivity index (χ1) is 13.2. The first-order valence-corrected chi connectivity index (χ1v) is 8.74. The third-order valence-corrected chi connectivity index (χ3v) is 4.05. The fraction of sp³-hybridized carbons (Fsp3) is 0.211. The number of rotatable bonds is 7. The van der Waals surface area contributed by atoms with Crippen molar-refractivity contribution in [1.29, 1.82) is 0 Å². The number of H-pyrrole nitrogens is 1. The molecule has 0 saturated carbocycles. The van der Waals surface area contributed by atoms with Gasteiger partial charge in [0, 0.05) is 5.56 Å². The zero-order valence-electron chi connectivity index (χ0n) is 15.3. The fourth-order valence-electron chi connectivity index (χ4n) is 2.53. The average Bonchev–Trinajstić information content (AvgIpc) is 3.07. The summed E-state index contributed by atoms with van der Waals surface area (Å²) in [6.45, 7) is 2.53. The molecule has 1 aromatic heterocycles. The molecule has 140 valence electrons. The Balaban J connectivity index is 1.95. The highest BCUT2D eigenvalue weighted by atomic mass is 32.1. The minimum Gasteiger partial charge on any atom is -0.494 e. The van der Waals surface area contributed by atoms with Crippen LogP contribution in [-0.4, -0.2) is 41.9 Å². The van der Waals surface area contributed by atoms with Crippen molar-refractivity contribution in [2.24, 2.45) is 5.10 Å². The van der Waals surface area contributed by atoms with E-state index in [1.165, 1.54) is 0 Å². The molecule has 1 N–H and O–H groups in total. The van der Waals surface area contributed by atoms with E-state index < -0.39 is 0 Å². The highest BCUT2D eigenvalue weighted by molar-refractivity contribution is 7.71. The van der Waals surface area contributed by atoms with Crippen LogP contribution in [0.2, 0.25) is 0 Å². The first kappa shape index (κ1) is 18.7. The monoisotopic (exact) mass is 384 g/mol. The summed E-state index contributed by atoms with van der Waals surface area (Å²) in [6.07, 6.45) is 1.68. The summed E-state index contributed by atoms with van der Waals surface area (Å²) >= 11 is 5.32. The van der Waals surface area contributed by atoms with E-state index in [2.05, 4.69) is 15.3 Å². The largest absolute Gasteiger partial charge is 0.494 e. The Hall–Kier alpha value is -3.13. The topological polar surface area (TPSA) is 73.7 Å². The average molecular weight is 384 g/mol. The van der Waals surface area contributed by atoms with Crippen LogP contribution in [0.1, 0.15) is 12.5 Å². The van der Waals surface area contributed by atoms with Gasteiger partial charge < -0.3 is 14.2 Å². The van der Waals surface area contributed by atoms with Crippen molar-refractivity contribution in [1.82, 2.24) is 14.9 Å². The smallest absolute Gasteiger partial charge is 0.216 e. The molecular weight excluding hydrogens is 364 g/mol. The minimum atomic E-state index is 0.392. The summed E-state index contributed by atoms with van der Waals surface area (Å²) in [7, 11) is 3.19. The van der Waals surface area contributed by atoms with Crippen LogP contribution in [0.5, 0.6) is 17.2 Å². The van der Waals surface area contributed by atoms with Gasteiger partial charge in [-0.3, -0.25) is 0 Å². The molecule has 8 heteroatoms. The number of ether oxygens (including phenoxy) is 3. The normalized spacial score (nSPS) is 10.9. The molecule has 1 heterocycles. The van der Waals surface area contributed by atoms with Crippen LogP contribution < -0.4 is 14.2 Å². The Labute approximate surface area is 162 Å². The Kier molecular flexibility index (Phi) is 5.87. The van der Waals surface area contributed by atoms with E-state index in [0.29, 0.717) is 28.7 Å². The summed E-state index contributed by atoms with van der Waals surface area (Å²) in [5.74, 6) is 2.64. The molecule has 0 spiro atoms. The van der Waals surface area contributed by atoms with Crippen LogP contribution in [0.4, 0.5) is 0 Å². The molecule has 3 rings (SSSR count). The van der Waals surface area contributed by atoms with Gasteiger partial charge in [0.05, 0.1) is 27.0 Å². The molecule has 7 nitrogen and oxygen atoms in total. The summed E-state index contributed by atoms with van der Waals surface area (Å²) in [5, 5.41) is 11.5. The number of hydrogen-bond acceptors (Lipinski definition) is 6. The molecule has 0 amide bonds. The highest BCUT2D eigenvalue weighted by Crippen LogP contribution is 2.27. The van der Waals surface area contributed by atoms with Gasteiger partial charge in [-0.25, -0.2) is 5.10 Å². The maximum atomic E-state index is 5.55. The molecule has 27 heavy (non-hydrogen) atoms. The summed E-state index contributed by atoms with van der Waals surface area (Å²) in [6, 6.07) is 13.2. The van der Waals surface area contributed by atoms with Crippen molar-refractivity contribution >= 4 is 18.4 Å². The quantitative estimate of drug-likeness (QED) is 0.494. The predicted molar refractivity (Wildman–Crippen MR) is 107 cm³/mol. The third kappa shape index (κ3) is 4.17. The molecule has 0 aliphatic heterocycles. The molecule has 0 bridgehead atoms. The van der Waals surface area contributed by atoms with Gasteiger partial charge in [-0.05, 0) is 55.0 Å². The number of nitrogens with one attached hydrogen (secondary N) is 1. The van der Waals surface area contributed by atoms with E-state index in [1.807, 2.05) is 49.4 Å². The molecule has 0 saturated heterocycles. The number of aromatic amines is 1. The van der Waals surface area contributed by atoms with Crippen LogP contribution in [0, 0.1) is 4.77 Å². The number of benzene rings is 2. The second-order valence-electron chi connectivity index (χ2n) is 5.48. The zero-order chi connectivity index (χ0) is 19.2. The molecule has 0 unspecified atom stereocenters. The minimum absolute atomic E-state index is 0.392. The van der Waals surface area contributed by atoms with E-state index in [0.717, 1.165) is 16.9 Å². The van der Waals surface area contributed by atoms with E-state index in [1.54, 1.807) is 25.1 Å². The maximum absolute atomic E-state index is 5.55. The summed E-state index contributed by atoms with van der Waals surface area (Å²) < 4.78 is 18.1. The van der Waals surface area contributed by atoms with Gasteiger partial charge in [0.25, 0.3) is 0 Å². The zero-order valence-corrected chi connectivity index (χ0v) is 16.1. The van der Waals surface area contributed by atoms with Gasteiger partial charge in [-0.15, -0.1) is 0 Å². The second kappa shape index (κ2) is 8.50. The molecular formula is C19H20N4O3S. The van der Waals surface area contributed by atoms with E-state index in [-0.39, 0.29) is 0 Å². The van der Waals surface area contributed by atoms with Crippen molar-refractivity contribution in [3.05, 3.63) is 52.8 Å². The molecule has 0 aliphatic carbocycles. The van der Waals surface area contributed by atoms with Gasteiger partial charge in [-0.2, -0.15) is 14.9 Å². The van der Waals surface area contributed by atoms with Crippen LogP contribution in [0.25, 0.3) is 11.4 Å². The van der Waals surface area contributed by atoms with Crippen molar-refractivity contribution in [2.75, 3.05) is 20.8 Å². The number of hydrogen-bond donors (Lipinski definition) is 1. The molecule has 0 aliphatic rings. The number of nitrogens with zero attached hydrogens (tertiary/aromatic N) is 3. The fourth-order valence-corrected chi connectivity index (χ4v) is 2.71. The Morgan fingerprint density at radius 2 is 1.96 bits per heavy atom. The van der Waals surface area contributed by atoms with Crippen molar-refractivity contribution < 1.29 is 14.2 Å². The van der Waals surface area contributed by atoms with E-state index in [4.69, 9.17) is 26.4 Å². The molecule has 3 aromatic rings.